The van der Waals surface area contributed by atoms with E-state index in [1.807, 2.05) is 0 Å². The Balaban J connectivity index is 2.40. The van der Waals surface area contributed by atoms with Crippen molar-refractivity contribution in [2.45, 2.75) is 17.1 Å². The van der Waals surface area contributed by atoms with E-state index in [0.717, 1.165) is 33.0 Å². The Labute approximate surface area is 139 Å². The second-order valence-corrected chi connectivity index (χ2v) is 6.58. The van der Waals surface area contributed by atoms with Crippen LogP contribution in [0.2, 0.25) is 0 Å². The van der Waals surface area contributed by atoms with E-state index in [4.69, 9.17) is 5.73 Å². The highest BCUT2D eigenvalue weighted by Crippen LogP contribution is 2.27. The SMILES string of the molecule is CC(Sc1ccc(F)c(F)c1)C(=O)c1c(N)n(C)c(=O)n(C)c1=O. The number of nitrogen functional groups attached to an aromatic ring is 1. The van der Waals surface area contributed by atoms with E-state index < -0.39 is 33.9 Å². The summed E-state index contributed by atoms with van der Waals surface area (Å²) >= 11 is 0.955. The number of carbonyl (C=O) groups excluding carboxylic acids is 1. The molecule has 0 aliphatic rings. The second kappa shape index (κ2) is 6.60. The first-order chi connectivity index (χ1) is 11.1. The van der Waals surface area contributed by atoms with Crippen molar-refractivity contribution in [2.24, 2.45) is 14.1 Å². The van der Waals surface area contributed by atoms with E-state index in [0.29, 0.717) is 4.90 Å². The van der Waals surface area contributed by atoms with Gasteiger partial charge in [0.05, 0.1) is 5.25 Å². The molecule has 0 saturated carbocycles. The van der Waals surface area contributed by atoms with E-state index in [1.54, 1.807) is 0 Å². The number of hydrogen-bond donors (Lipinski definition) is 1. The Hall–Kier alpha value is -2.42. The molecule has 0 aliphatic carbocycles. The average Bonchev–Trinajstić information content (AvgIpc) is 2.54. The van der Waals surface area contributed by atoms with Crippen LogP contribution in [0.25, 0.3) is 0 Å². The average molecular weight is 355 g/mol. The van der Waals surface area contributed by atoms with Crippen LogP contribution < -0.4 is 17.0 Å². The first-order valence-electron chi connectivity index (χ1n) is 6.86. The minimum atomic E-state index is -1.03. The van der Waals surface area contributed by atoms with Crippen LogP contribution in [0.4, 0.5) is 14.6 Å². The zero-order chi connectivity index (χ0) is 18.2. The van der Waals surface area contributed by atoms with Crippen molar-refractivity contribution < 1.29 is 13.6 Å². The maximum atomic E-state index is 13.2. The molecule has 0 amide bonds. The molecular formula is C15H15F2N3O3S. The molecule has 1 heterocycles. The smallest absolute Gasteiger partial charge is 0.332 e. The Morgan fingerprint density at radius 1 is 1.17 bits per heavy atom. The van der Waals surface area contributed by atoms with Gasteiger partial charge in [0.15, 0.2) is 17.4 Å². The summed E-state index contributed by atoms with van der Waals surface area (Å²) in [5, 5.41) is -0.789. The molecule has 0 spiro atoms. The number of rotatable bonds is 4. The predicted molar refractivity (Wildman–Crippen MR) is 87.3 cm³/mol. The Kier molecular flexibility index (Phi) is 4.93. The summed E-state index contributed by atoms with van der Waals surface area (Å²) in [7, 11) is 2.59. The summed E-state index contributed by atoms with van der Waals surface area (Å²) in [5.74, 6) is -2.85. The van der Waals surface area contributed by atoms with Crippen molar-refractivity contribution in [1.29, 1.82) is 0 Å². The number of ketones is 1. The molecule has 128 valence electrons. The van der Waals surface area contributed by atoms with Gasteiger partial charge in [0, 0.05) is 19.0 Å². The molecule has 6 nitrogen and oxygen atoms in total. The summed E-state index contributed by atoms with van der Waals surface area (Å²) in [5.41, 5.74) is 4.00. The zero-order valence-corrected chi connectivity index (χ0v) is 14.0. The number of benzene rings is 1. The van der Waals surface area contributed by atoms with Crippen LogP contribution >= 0.6 is 11.8 Å². The van der Waals surface area contributed by atoms with Crippen LogP contribution in [0.1, 0.15) is 17.3 Å². The van der Waals surface area contributed by atoms with Gasteiger partial charge in [-0.05, 0) is 25.1 Å². The zero-order valence-electron chi connectivity index (χ0n) is 13.2. The van der Waals surface area contributed by atoms with E-state index >= 15 is 0 Å². The fraction of sp³-hybridized carbons (Fsp3) is 0.267. The number of thioether (sulfide) groups is 1. The Bertz CT molecular complexity index is 937. The molecule has 2 rings (SSSR count). The molecule has 0 radical (unpaired) electrons. The first kappa shape index (κ1) is 17.9. The van der Waals surface area contributed by atoms with E-state index in [-0.39, 0.29) is 11.4 Å². The lowest BCUT2D eigenvalue weighted by Gasteiger charge is -2.14. The third-order valence-corrected chi connectivity index (χ3v) is 4.62. The van der Waals surface area contributed by atoms with Gasteiger partial charge in [0.2, 0.25) is 0 Å². The molecular weight excluding hydrogens is 340 g/mol. The molecule has 0 saturated heterocycles. The summed E-state index contributed by atoms with van der Waals surface area (Å²) < 4.78 is 28.0. The maximum Gasteiger partial charge on any atom is 0.332 e. The standard InChI is InChI=1S/C15H15F2N3O3S/c1-7(24-8-4-5-9(16)10(17)6-8)12(21)11-13(18)19(2)15(23)20(3)14(11)22/h4-7H,18H2,1-3H3. The van der Waals surface area contributed by atoms with Gasteiger partial charge >= 0.3 is 5.69 Å². The van der Waals surface area contributed by atoms with Crippen molar-refractivity contribution in [3.05, 3.63) is 56.2 Å². The van der Waals surface area contributed by atoms with Gasteiger partial charge in [0.25, 0.3) is 5.56 Å². The van der Waals surface area contributed by atoms with E-state index in [2.05, 4.69) is 0 Å². The largest absolute Gasteiger partial charge is 0.384 e. The van der Waals surface area contributed by atoms with Crippen molar-refractivity contribution in [3.63, 3.8) is 0 Å². The Morgan fingerprint density at radius 2 is 1.79 bits per heavy atom. The van der Waals surface area contributed by atoms with Crippen molar-refractivity contribution >= 4 is 23.4 Å². The van der Waals surface area contributed by atoms with Crippen LogP contribution in [0.15, 0.2) is 32.7 Å². The van der Waals surface area contributed by atoms with Crippen molar-refractivity contribution in [2.75, 3.05) is 5.73 Å². The summed E-state index contributed by atoms with van der Waals surface area (Å²) in [6.45, 7) is 1.51. The molecule has 1 atom stereocenters. The molecule has 0 bridgehead atoms. The molecule has 2 N–H and O–H groups in total. The monoisotopic (exact) mass is 355 g/mol. The highest BCUT2D eigenvalue weighted by atomic mass is 32.2. The van der Waals surface area contributed by atoms with Crippen molar-refractivity contribution in [1.82, 2.24) is 9.13 Å². The number of anilines is 1. The van der Waals surface area contributed by atoms with Gasteiger partial charge in [-0.2, -0.15) is 0 Å². The number of nitrogens with zero attached hydrogens (tertiary/aromatic N) is 2. The third-order valence-electron chi connectivity index (χ3n) is 3.53. The van der Waals surface area contributed by atoms with Crippen molar-refractivity contribution in [3.8, 4) is 0 Å². The molecule has 24 heavy (non-hydrogen) atoms. The summed E-state index contributed by atoms with van der Waals surface area (Å²) in [4.78, 5) is 36.8. The van der Waals surface area contributed by atoms with Crippen LogP contribution in [0.3, 0.4) is 0 Å². The predicted octanol–water partition coefficient (Wildman–Crippen LogP) is 1.31. The quantitative estimate of drug-likeness (QED) is 0.660. The summed E-state index contributed by atoms with van der Waals surface area (Å²) in [6.07, 6.45) is 0. The van der Waals surface area contributed by atoms with Crippen LogP contribution in [0, 0.1) is 11.6 Å². The van der Waals surface area contributed by atoms with Gasteiger partial charge in [-0.3, -0.25) is 18.7 Å². The molecule has 1 aromatic carbocycles. The third kappa shape index (κ3) is 3.12. The topological polar surface area (TPSA) is 87.1 Å². The maximum absolute atomic E-state index is 13.2. The molecule has 1 unspecified atom stereocenters. The number of carbonyl (C=O) groups is 1. The van der Waals surface area contributed by atoms with Gasteiger partial charge in [-0.1, -0.05) is 0 Å². The van der Waals surface area contributed by atoms with Gasteiger partial charge < -0.3 is 5.73 Å². The molecule has 0 aliphatic heterocycles. The lowest BCUT2D eigenvalue weighted by molar-refractivity contribution is 0.0992. The number of aromatic nitrogens is 2. The lowest BCUT2D eigenvalue weighted by atomic mass is 10.1. The first-order valence-corrected chi connectivity index (χ1v) is 7.74. The van der Waals surface area contributed by atoms with Crippen LogP contribution in [0.5, 0.6) is 0 Å². The number of halogens is 2. The van der Waals surface area contributed by atoms with Crippen LogP contribution in [-0.4, -0.2) is 20.2 Å². The lowest BCUT2D eigenvalue weighted by Crippen LogP contribution is -2.42. The van der Waals surface area contributed by atoms with E-state index in [1.165, 1.54) is 27.1 Å². The fourth-order valence-electron chi connectivity index (χ4n) is 2.10. The number of Topliss-reactive ketones (excluding diaryl/α,β-unsaturated/α-hetero) is 1. The number of hydrogen-bond acceptors (Lipinski definition) is 5. The number of nitrogens with two attached hydrogens (primary N) is 1. The van der Waals surface area contributed by atoms with Gasteiger partial charge in [-0.25, -0.2) is 13.6 Å². The highest BCUT2D eigenvalue weighted by Gasteiger charge is 2.25. The van der Waals surface area contributed by atoms with Gasteiger partial charge in [-0.15, -0.1) is 11.8 Å². The minimum absolute atomic E-state index is 0.231. The normalized spacial score (nSPS) is 12.2. The summed E-state index contributed by atoms with van der Waals surface area (Å²) in [6, 6.07) is 3.25. The van der Waals surface area contributed by atoms with Crippen LogP contribution in [-0.2, 0) is 14.1 Å². The van der Waals surface area contributed by atoms with Gasteiger partial charge in [0.1, 0.15) is 11.4 Å². The highest BCUT2D eigenvalue weighted by molar-refractivity contribution is 8.00. The molecule has 2 aromatic rings. The molecule has 9 heteroatoms. The Morgan fingerprint density at radius 3 is 2.38 bits per heavy atom. The fourth-order valence-corrected chi connectivity index (χ4v) is 3.05. The second-order valence-electron chi connectivity index (χ2n) is 5.17. The molecule has 0 fully saturated rings. The van der Waals surface area contributed by atoms with E-state index in [9.17, 15) is 23.2 Å². The minimum Gasteiger partial charge on any atom is -0.384 e. The molecule has 1 aromatic heterocycles.